The smallest absolute Gasteiger partial charge is 0.262 e. The molecule has 4 nitrogen and oxygen atoms in total. The van der Waals surface area contributed by atoms with E-state index in [1.54, 1.807) is 12.1 Å². The average Bonchev–Trinajstić information content (AvgIpc) is 2.60. The van der Waals surface area contributed by atoms with E-state index in [1.807, 2.05) is 38.1 Å². The summed E-state index contributed by atoms with van der Waals surface area (Å²) in [5.74, 6) is 0.440. The van der Waals surface area contributed by atoms with Gasteiger partial charge < -0.3 is 10.1 Å². The zero-order valence-electron chi connectivity index (χ0n) is 15.1. The van der Waals surface area contributed by atoms with Crippen LogP contribution in [0.1, 0.15) is 46.8 Å². The molecule has 0 bridgehead atoms. The number of aryl methyl sites for hydroxylation is 3. The number of benzene rings is 2. The molecule has 2 aromatic carbocycles. The van der Waals surface area contributed by atoms with Gasteiger partial charge in [-0.1, -0.05) is 25.5 Å². The standard InChI is InChI=1S/C21H25NO3/c1-4-5-6-17-7-9-19(10-8-17)22-20(24)14-25-21-15(2)11-18(13-23)12-16(21)3/h7-13H,4-6,14H2,1-3H3,(H,22,24). The Balaban J connectivity index is 1.91. The molecular formula is C21H25NO3. The maximum atomic E-state index is 12.1. The van der Waals surface area contributed by atoms with Gasteiger partial charge in [0.25, 0.3) is 5.91 Å². The maximum Gasteiger partial charge on any atom is 0.262 e. The van der Waals surface area contributed by atoms with E-state index < -0.39 is 0 Å². The Morgan fingerprint density at radius 1 is 1.12 bits per heavy atom. The van der Waals surface area contributed by atoms with E-state index in [0.29, 0.717) is 11.3 Å². The Hall–Kier alpha value is -2.62. The lowest BCUT2D eigenvalue weighted by atomic mass is 10.1. The number of hydrogen-bond donors (Lipinski definition) is 1. The summed E-state index contributed by atoms with van der Waals surface area (Å²) < 4.78 is 5.65. The summed E-state index contributed by atoms with van der Waals surface area (Å²) in [6.45, 7) is 5.83. The summed E-state index contributed by atoms with van der Waals surface area (Å²) in [5, 5.41) is 2.84. The second kappa shape index (κ2) is 9.02. The highest BCUT2D eigenvalue weighted by Crippen LogP contribution is 2.24. The van der Waals surface area contributed by atoms with E-state index in [9.17, 15) is 9.59 Å². The van der Waals surface area contributed by atoms with Crippen molar-refractivity contribution in [2.45, 2.75) is 40.0 Å². The van der Waals surface area contributed by atoms with Crippen molar-refractivity contribution < 1.29 is 14.3 Å². The van der Waals surface area contributed by atoms with Crippen molar-refractivity contribution >= 4 is 17.9 Å². The summed E-state index contributed by atoms with van der Waals surface area (Å²) in [6, 6.07) is 11.4. The third-order valence-corrected chi connectivity index (χ3v) is 4.02. The van der Waals surface area contributed by atoms with E-state index in [0.717, 1.165) is 29.5 Å². The number of ether oxygens (including phenoxy) is 1. The van der Waals surface area contributed by atoms with E-state index in [-0.39, 0.29) is 12.5 Å². The number of hydrogen-bond acceptors (Lipinski definition) is 3. The predicted molar refractivity (Wildman–Crippen MR) is 100 cm³/mol. The van der Waals surface area contributed by atoms with Gasteiger partial charge in [-0.05, 0) is 67.6 Å². The van der Waals surface area contributed by atoms with E-state index >= 15 is 0 Å². The van der Waals surface area contributed by atoms with Crippen LogP contribution in [0.25, 0.3) is 0 Å². The van der Waals surface area contributed by atoms with Crippen molar-refractivity contribution in [2.75, 3.05) is 11.9 Å². The molecule has 0 spiro atoms. The van der Waals surface area contributed by atoms with E-state index in [4.69, 9.17) is 4.74 Å². The molecule has 2 rings (SSSR count). The Morgan fingerprint density at radius 2 is 1.76 bits per heavy atom. The molecule has 0 aliphatic rings. The molecule has 0 aliphatic heterocycles. The third kappa shape index (κ3) is 5.45. The number of anilines is 1. The van der Waals surface area contributed by atoms with Crippen LogP contribution in [-0.2, 0) is 11.2 Å². The zero-order valence-corrected chi connectivity index (χ0v) is 15.1. The number of carbonyl (C=O) groups is 2. The normalized spacial score (nSPS) is 10.4. The lowest BCUT2D eigenvalue weighted by Crippen LogP contribution is -2.20. The van der Waals surface area contributed by atoms with Gasteiger partial charge in [0.2, 0.25) is 0 Å². The molecular weight excluding hydrogens is 314 g/mol. The minimum atomic E-state index is -0.209. The minimum Gasteiger partial charge on any atom is -0.483 e. The molecule has 132 valence electrons. The van der Waals surface area contributed by atoms with Crippen molar-refractivity contribution in [1.82, 2.24) is 0 Å². The van der Waals surface area contributed by atoms with Crippen molar-refractivity contribution in [3.63, 3.8) is 0 Å². The van der Waals surface area contributed by atoms with Crippen molar-refractivity contribution in [3.8, 4) is 5.75 Å². The fourth-order valence-electron chi connectivity index (χ4n) is 2.75. The maximum absolute atomic E-state index is 12.1. The highest BCUT2D eigenvalue weighted by atomic mass is 16.5. The minimum absolute atomic E-state index is 0.0697. The molecule has 0 atom stereocenters. The molecule has 0 fully saturated rings. The van der Waals surface area contributed by atoms with Gasteiger partial charge in [-0.25, -0.2) is 0 Å². The van der Waals surface area contributed by atoms with Crippen LogP contribution in [-0.4, -0.2) is 18.8 Å². The van der Waals surface area contributed by atoms with Gasteiger partial charge in [-0.3, -0.25) is 9.59 Å². The molecule has 2 aromatic rings. The number of nitrogens with one attached hydrogen (secondary N) is 1. The Labute approximate surface area is 149 Å². The number of unbranched alkanes of at least 4 members (excludes halogenated alkanes) is 1. The van der Waals surface area contributed by atoms with Crippen LogP contribution in [0.5, 0.6) is 5.75 Å². The van der Waals surface area contributed by atoms with E-state index in [2.05, 4.69) is 12.2 Å². The van der Waals surface area contributed by atoms with Gasteiger partial charge in [0.05, 0.1) is 0 Å². The Kier molecular flexibility index (Phi) is 6.75. The summed E-state index contributed by atoms with van der Waals surface area (Å²) in [7, 11) is 0. The summed E-state index contributed by atoms with van der Waals surface area (Å²) in [6.07, 6.45) is 4.20. The number of amides is 1. The molecule has 0 radical (unpaired) electrons. The number of carbonyl (C=O) groups excluding carboxylic acids is 2. The van der Waals surface area contributed by atoms with Crippen LogP contribution in [0.4, 0.5) is 5.69 Å². The van der Waals surface area contributed by atoms with Gasteiger partial charge in [-0.15, -0.1) is 0 Å². The fraction of sp³-hybridized carbons (Fsp3) is 0.333. The van der Waals surface area contributed by atoms with Crippen LogP contribution in [0.2, 0.25) is 0 Å². The molecule has 1 N–H and O–H groups in total. The van der Waals surface area contributed by atoms with Gasteiger partial charge in [0, 0.05) is 11.3 Å². The fourth-order valence-corrected chi connectivity index (χ4v) is 2.75. The predicted octanol–water partition coefficient (Wildman–Crippen LogP) is 4.48. The van der Waals surface area contributed by atoms with Crippen molar-refractivity contribution in [3.05, 3.63) is 58.7 Å². The second-order valence-electron chi connectivity index (χ2n) is 6.24. The van der Waals surface area contributed by atoms with Crippen LogP contribution >= 0.6 is 0 Å². The van der Waals surface area contributed by atoms with Gasteiger partial charge in [-0.2, -0.15) is 0 Å². The topological polar surface area (TPSA) is 55.4 Å². The van der Waals surface area contributed by atoms with Crippen LogP contribution < -0.4 is 10.1 Å². The second-order valence-corrected chi connectivity index (χ2v) is 6.24. The molecule has 25 heavy (non-hydrogen) atoms. The first-order valence-corrected chi connectivity index (χ1v) is 8.61. The SMILES string of the molecule is CCCCc1ccc(NC(=O)COc2c(C)cc(C=O)cc2C)cc1. The Bertz CT molecular complexity index is 712. The number of aldehydes is 1. The van der Waals surface area contributed by atoms with Crippen LogP contribution in [0, 0.1) is 13.8 Å². The lowest BCUT2D eigenvalue weighted by Gasteiger charge is -2.13. The molecule has 0 aromatic heterocycles. The molecule has 0 unspecified atom stereocenters. The highest BCUT2D eigenvalue weighted by Gasteiger charge is 2.09. The van der Waals surface area contributed by atoms with Gasteiger partial charge in [0.15, 0.2) is 6.61 Å². The molecule has 0 saturated carbocycles. The third-order valence-electron chi connectivity index (χ3n) is 4.02. The van der Waals surface area contributed by atoms with Crippen molar-refractivity contribution in [1.29, 1.82) is 0 Å². The molecule has 0 aliphatic carbocycles. The molecule has 0 saturated heterocycles. The zero-order chi connectivity index (χ0) is 18.2. The Morgan fingerprint density at radius 3 is 2.32 bits per heavy atom. The first kappa shape index (κ1) is 18.7. The monoisotopic (exact) mass is 339 g/mol. The molecule has 4 heteroatoms. The quantitative estimate of drug-likeness (QED) is 0.722. The number of rotatable bonds is 8. The highest BCUT2D eigenvalue weighted by molar-refractivity contribution is 5.91. The molecule has 1 amide bonds. The largest absolute Gasteiger partial charge is 0.483 e. The van der Waals surface area contributed by atoms with Crippen LogP contribution in [0.15, 0.2) is 36.4 Å². The van der Waals surface area contributed by atoms with Crippen molar-refractivity contribution in [2.24, 2.45) is 0 Å². The summed E-state index contributed by atoms with van der Waals surface area (Å²) >= 11 is 0. The molecule has 0 heterocycles. The van der Waals surface area contributed by atoms with Crippen LogP contribution in [0.3, 0.4) is 0 Å². The van der Waals surface area contributed by atoms with Gasteiger partial charge >= 0.3 is 0 Å². The van der Waals surface area contributed by atoms with Gasteiger partial charge in [0.1, 0.15) is 12.0 Å². The lowest BCUT2D eigenvalue weighted by molar-refractivity contribution is -0.118. The summed E-state index contributed by atoms with van der Waals surface area (Å²) in [5.41, 5.74) is 4.33. The average molecular weight is 339 g/mol. The summed E-state index contributed by atoms with van der Waals surface area (Å²) in [4.78, 5) is 23.0. The first-order chi connectivity index (χ1) is 12.0. The first-order valence-electron chi connectivity index (χ1n) is 8.61. The van der Waals surface area contributed by atoms with E-state index in [1.165, 1.54) is 18.4 Å².